The van der Waals surface area contributed by atoms with E-state index in [2.05, 4.69) is 0 Å². The Morgan fingerprint density at radius 2 is 1.95 bits per heavy atom. The lowest BCUT2D eigenvalue weighted by atomic mass is 10.1. The molecule has 0 saturated carbocycles. The summed E-state index contributed by atoms with van der Waals surface area (Å²) >= 11 is 0. The van der Waals surface area contributed by atoms with Crippen molar-refractivity contribution in [3.63, 3.8) is 0 Å². The van der Waals surface area contributed by atoms with Crippen LogP contribution >= 0.6 is 12.4 Å². The predicted molar refractivity (Wildman–Crippen MR) is 80.8 cm³/mol. The quantitative estimate of drug-likeness (QED) is 0.912. The van der Waals surface area contributed by atoms with Crippen LogP contribution in [0, 0.1) is 5.92 Å². The normalized spacial score (nSPS) is 23.4. The fourth-order valence-corrected chi connectivity index (χ4v) is 4.22. The van der Waals surface area contributed by atoms with Gasteiger partial charge in [0, 0.05) is 12.6 Å². The molecule has 1 fully saturated rings. The molecule has 1 aromatic carbocycles. The standard InChI is InChI=1S/C13H20N2O3S.ClH/c1-10-7-11(8-14)9-15(10)19(16,17)13-5-3-12(18-2)4-6-13;/h3-6,10-11H,7-9,14H2,1-2H3;1H. The van der Waals surface area contributed by atoms with Crippen molar-refractivity contribution in [3.05, 3.63) is 24.3 Å². The smallest absolute Gasteiger partial charge is 0.243 e. The van der Waals surface area contributed by atoms with Gasteiger partial charge < -0.3 is 10.5 Å². The van der Waals surface area contributed by atoms with Gasteiger partial charge >= 0.3 is 0 Å². The molecule has 20 heavy (non-hydrogen) atoms. The molecule has 0 amide bonds. The van der Waals surface area contributed by atoms with Crippen molar-refractivity contribution in [2.45, 2.75) is 24.3 Å². The summed E-state index contributed by atoms with van der Waals surface area (Å²) in [6, 6.07) is 6.48. The SMILES string of the molecule is COc1ccc(S(=O)(=O)N2CC(CN)CC2C)cc1.Cl. The van der Waals surface area contributed by atoms with Crippen LogP contribution in [0.1, 0.15) is 13.3 Å². The summed E-state index contributed by atoms with van der Waals surface area (Å²) in [5.74, 6) is 0.899. The van der Waals surface area contributed by atoms with Gasteiger partial charge in [0.25, 0.3) is 0 Å². The van der Waals surface area contributed by atoms with E-state index in [9.17, 15) is 8.42 Å². The molecular formula is C13H21ClN2O3S. The average molecular weight is 321 g/mol. The molecule has 2 rings (SSSR count). The fourth-order valence-electron chi connectivity index (χ4n) is 2.50. The van der Waals surface area contributed by atoms with Crippen molar-refractivity contribution >= 4 is 22.4 Å². The highest BCUT2D eigenvalue weighted by molar-refractivity contribution is 7.89. The fraction of sp³-hybridized carbons (Fsp3) is 0.538. The summed E-state index contributed by atoms with van der Waals surface area (Å²) in [5.41, 5.74) is 5.64. The summed E-state index contributed by atoms with van der Waals surface area (Å²) < 4.78 is 31.7. The molecule has 7 heteroatoms. The van der Waals surface area contributed by atoms with E-state index < -0.39 is 10.0 Å². The first-order valence-electron chi connectivity index (χ1n) is 6.35. The Bertz CT molecular complexity index is 533. The van der Waals surface area contributed by atoms with Gasteiger partial charge in [0.2, 0.25) is 10.0 Å². The second kappa shape index (κ2) is 6.76. The van der Waals surface area contributed by atoms with Crippen LogP contribution in [0.25, 0.3) is 0 Å². The molecule has 2 atom stereocenters. The van der Waals surface area contributed by atoms with Gasteiger partial charge in [0.05, 0.1) is 12.0 Å². The summed E-state index contributed by atoms with van der Waals surface area (Å²) in [6.07, 6.45) is 0.825. The van der Waals surface area contributed by atoms with Crippen LogP contribution < -0.4 is 10.5 Å². The number of rotatable bonds is 4. The highest BCUT2D eigenvalue weighted by atomic mass is 35.5. The van der Waals surface area contributed by atoms with Gasteiger partial charge in [-0.25, -0.2) is 8.42 Å². The molecule has 1 saturated heterocycles. The molecule has 5 nitrogen and oxygen atoms in total. The second-order valence-corrected chi connectivity index (χ2v) is 6.83. The van der Waals surface area contributed by atoms with Crippen molar-refractivity contribution < 1.29 is 13.2 Å². The van der Waals surface area contributed by atoms with E-state index in [4.69, 9.17) is 10.5 Å². The molecular weight excluding hydrogens is 300 g/mol. The largest absolute Gasteiger partial charge is 0.497 e. The Hall–Kier alpha value is -0.820. The third-order valence-corrected chi connectivity index (χ3v) is 5.60. The van der Waals surface area contributed by atoms with Crippen molar-refractivity contribution in [3.8, 4) is 5.75 Å². The molecule has 0 spiro atoms. The van der Waals surface area contributed by atoms with E-state index in [-0.39, 0.29) is 24.4 Å². The zero-order chi connectivity index (χ0) is 14.0. The number of halogens is 1. The van der Waals surface area contributed by atoms with E-state index in [1.54, 1.807) is 35.7 Å². The van der Waals surface area contributed by atoms with Gasteiger partial charge in [-0.05, 0) is 50.1 Å². The molecule has 1 heterocycles. The van der Waals surface area contributed by atoms with Gasteiger partial charge in [-0.2, -0.15) is 4.31 Å². The van der Waals surface area contributed by atoms with Crippen LogP contribution in [0.4, 0.5) is 0 Å². The monoisotopic (exact) mass is 320 g/mol. The molecule has 0 bridgehead atoms. The predicted octanol–water partition coefficient (Wildman–Crippen LogP) is 1.47. The first kappa shape index (κ1) is 17.2. The van der Waals surface area contributed by atoms with E-state index >= 15 is 0 Å². The molecule has 0 aromatic heterocycles. The van der Waals surface area contributed by atoms with E-state index in [0.29, 0.717) is 23.7 Å². The molecule has 0 radical (unpaired) electrons. The maximum absolute atomic E-state index is 12.6. The lowest BCUT2D eigenvalue weighted by Crippen LogP contribution is -2.34. The van der Waals surface area contributed by atoms with Crippen LogP contribution in [0.15, 0.2) is 29.2 Å². The Balaban J connectivity index is 0.00000200. The number of benzene rings is 1. The number of ether oxygens (including phenoxy) is 1. The van der Waals surface area contributed by atoms with Gasteiger partial charge in [-0.15, -0.1) is 12.4 Å². The lowest BCUT2D eigenvalue weighted by Gasteiger charge is -2.21. The van der Waals surface area contributed by atoms with Crippen molar-refractivity contribution in [1.29, 1.82) is 0 Å². The van der Waals surface area contributed by atoms with Crippen LogP contribution in [-0.4, -0.2) is 39.0 Å². The summed E-state index contributed by atoms with van der Waals surface area (Å²) in [5, 5.41) is 0. The first-order chi connectivity index (χ1) is 8.98. The van der Waals surface area contributed by atoms with Crippen LogP contribution in [0.3, 0.4) is 0 Å². The molecule has 1 aliphatic heterocycles. The first-order valence-corrected chi connectivity index (χ1v) is 7.79. The Morgan fingerprint density at radius 1 is 1.35 bits per heavy atom. The Kier molecular flexibility index (Phi) is 5.82. The minimum Gasteiger partial charge on any atom is -0.497 e. The van der Waals surface area contributed by atoms with Crippen LogP contribution in [-0.2, 0) is 10.0 Å². The maximum Gasteiger partial charge on any atom is 0.243 e. The molecule has 2 N–H and O–H groups in total. The van der Waals surface area contributed by atoms with Crippen molar-refractivity contribution in [1.82, 2.24) is 4.31 Å². The second-order valence-electron chi connectivity index (χ2n) is 4.94. The maximum atomic E-state index is 12.6. The van der Waals surface area contributed by atoms with Gasteiger partial charge in [0.1, 0.15) is 5.75 Å². The van der Waals surface area contributed by atoms with E-state index in [1.165, 1.54) is 0 Å². The molecule has 2 unspecified atom stereocenters. The number of nitrogens with two attached hydrogens (primary N) is 1. The summed E-state index contributed by atoms with van der Waals surface area (Å²) in [7, 11) is -1.88. The average Bonchev–Trinajstić information content (AvgIpc) is 2.81. The van der Waals surface area contributed by atoms with Gasteiger partial charge in [-0.1, -0.05) is 0 Å². The van der Waals surface area contributed by atoms with Crippen molar-refractivity contribution in [2.24, 2.45) is 11.7 Å². The lowest BCUT2D eigenvalue weighted by molar-refractivity contribution is 0.403. The zero-order valence-corrected chi connectivity index (χ0v) is 13.3. The minimum atomic E-state index is -3.43. The summed E-state index contributed by atoms with van der Waals surface area (Å²) in [6.45, 7) is 2.96. The number of sulfonamides is 1. The van der Waals surface area contributed by atoms with Crippen LogP contribution in [0.5, 0.6) is 5.75 Å². The van der Waals surface area contributed by atoms with Crippen LogP contribution in [0.2, 0.25) is 0 Å². The highest BCUT2D eigenvalue weighted by Gasteiger charge is 2.37. The third-order valence-electron chi connectivity index (χ3n) is 3.60. The zero-order valence-electron chi connectivity index (χ0n) is 11.7. The van der Waals surface area contributed by atoms with E-state index in [0.717, 1.165) is 6.42 Å². The topological polar surface area (TPSA) is 72.6 Å². The number of hydrogen-bond acceptors (Lipinski definition) is 4. The van der Waals surface area contributed by atoms with Crippen molar-refractivity contribution in [2.75, 3.05) is 20.2 Å². The van der Waals surface area contributed by atoms with Gasteiger partial charge in [0.15, 0.2) is 0 Å². The minimum absolute atomic E-state index is 0. The van der Waals surface area contributed by atoms with E-state index in [1.807, 2.05) is 6.92 Å². The molecule has 114 valence electrons. The molecule has 1 aliphatic rings. The third kappa shape index (κ3) is 3.25. The molecule has 1 aromatic rings. The number of hydrogen-bond donors (Lipinski definition) is 1. The Morgan fingerprint density at radius 3 is 2.40 bits per heavy atom. The van der Waals surface area contributed by atoms with Gasteiger partial charge in [-0.3, -0.25) is 0 Å². The summed E-state index contributed by atoms with van der Waals surface area (Å²) in [4.78, 5) is 0.304. The number of nitrogens with zero attached hydrogens (tertiary/aromatic N) is 1. The number of methoxy groups -OCH3 is 1. The highest BCUT2D eigenvalue weighted by Crippen LogP contribution is 2.29. The molecule has 0 aliphatic carbocycles. The Labute approximate surface area is 126 Å².